The van der Waals surface area contributed by atoms with Crippen LogP contribution in [-0.4, -0.2) is 31.6 Å². The van der Waals surface area contributed by atoms with Gasteiger partial charge in [-0.2, -0.15) is 5.10 Å². The van der Waals surface area contributed by atoms with Gasteiger partial charge in [-0.15, -0.1) is 0 Å². The second-order valence-corrected chi connectivity index (χ2v) is 7.41. The second kappa shape index (κ2) is 6.63. The van der Waals surface area contributed by atoms with Gasteiger partial charge in [-0.1, -0.05) is 19.3 Å². The minimum Gasteiger partial charge on any atom is -0.294 e. The second-order valence-electron chi connectivity index (χ2n) is 7.41. The number of nitrogens with zero attached hydrogens (tertiary/aromatic N) is 4. The summed E-state index contributed by atoms with van der Waals surface area (Å²) in [5, 5.41) is 7.40. The maximum atomic E-state index is 4.95. The lowest BCUT2D eigenvalue weighted by atomic mass is 9.88. The Bertz CT molecular complexity index is 695. The number of fused-ring (bicyclic) bond motifs is 1. The van der Waals surface area contributed by atoms with Crippen LogP contribution in [0.4, 0.5) is 0 Å². The topological polar surface area (TPSA) is 57.7 Å². The van der Waals surface area contributed by atoms with Gasteiger partial charge >= 0.3 is 0 Å². The Hall–Kier alpha value is -1.75. The summed E-state index contributed by atoms with van der Waals surface area (Å²) in [5.41, 5.74) is 6.21. The largest absolute Gasteiger partial charge is 0.294 e. The van der Waals surface area contributed by atoms with Crippen LogP contribution >= 0.6 is 0 Å². The minimum absolute atomic E-state index is 0.596. The number of hydrogen-bond acceptors (Lipinski definition) is 4. The van der Waals surface area contributed by atoms with Gasteiger partial charge < -0.3 is 0 Å². The van der Waals surface area contributed by atoms with Crippen molar-refractivity contribution in [2.75, 3.05) is 6.54 Å². The summed E-state index contributed by atoms with van der Waals surface area (Å²) in [7, 11) is 0. The molecule has 0 bridgehead atoms. The van der Waals surface area contributed by atoms with E-state index in [0.29, 0.717) is 5.92 Å². The molecule has 5 nitrogen and oxygen atoms in total. The molecule has 24 heavy (non-hydrogen) atoms. The van der Waals surface area contributed by atoms with E-state index in [1.54, 1.807) is 0 Å². The van der Waals surface area contributed by atoms with Gasteiger partial charge in [0.05, 0.1) is 5.69 Å². The number of aromatic amines is 1. The molecule has 1 saturated carbocycles. The van der Waals surface area contributed by atoms with Crippen molar-refractivity contribution in [1.29, 1.82) is 0 Å². The van der Waals surface area contributed by atoms with Crippen molar-refractivity contribution < 1.29 is 0 Å². The summed E-state index contributed by atoms with van der Waals surface area (Å²) < 4.78 is 0. The monoisotopic (exact) mass is 325 g/mol. The first-order valence-corrected chi connectivity index (χ1v) is 9.28. The van der Waals surface area contributed by atoms with E-state index >= 15 is 0 Å². The van der Waals surface area contributed by atoms with Crippen molar-refractivity contribution in [1.82, 2.24) is 25.1 Å². The van der Waals surface area contributed by atoms with E-state index in [2.05, 4.69) is 35.1 Å². The maximum Gasteiger partial charge on any atom is 0.131 e. The summed E-state index contributed by atoms with van der Waals surface area (Å²) in [6.07, 6.45) is 9.71. The Morgan fingerprint density at radius 3 is 2.79 bits per heavy atom. The van der Waals surface area contributed by atoms with Gasteiger partial charge in [-0.05, 0) is 26.7 Å². The van der Waals surface area contributed by atoms with E-state index in [9.17, 15) is 0 Å². The summed E-state index contributed by atoms with van der Waals surface area (Å²) in [6.45, 7) is 7.16. The van der Waals surface area contributed by atoms with Crippen LogP contribution in [0.15, 0.2) is 6.20 Å². The zero-order chi connectivity index (χ0) is 16.5. The Balaban J connectivity index is 1.47. The summed E-state index contributed by atoms with van der Waals surface area (Å²) in [6, 6.07) is 0. The number of hydrogen-bond donors (Lipinski definition) is 1. The molecule has 0 unspecified atom stereocenters. The van der Waals surface area contributed by atoms with Crippen molar-refractivity contribution >= 4 is 0 Å². The Morgan fingerprint density at radius 1 is 1.21 bits per heavy atom. The Labute approximate surface area is 143 Å². The van der Waals surface area contributed by atoms with E-state index in [-0.39, 0.29) is 0 Å². The van der Waals surface area contributed by atoms with E-state index < -0.39 is 0 Å². The zero-order valence-electron chi connectivity index (χ0n) is 14.8. The molecule has 2 aromatic heterocycles. The summed E-state index contributed by atoms with van der Waals surface area (Å²) in [4.78, 5) is 12.2. The molecule has 0 spiro atoms. The molecule has 4 rings (SSSR count). The van der Waals surface area contributed by atoms with Crippen molar-refractivity contribution in [3.63, 3.8) is 0 Å². The van der Waals surface area contributed by atoms with Crippen LogP contribution in [0.5, 0.6) is 0 Å². The van der Waals surface area contributed by atoms with Crippen LogP contribution in [0, 0.1) is 13.8 Å². The molecule has 0 saturated heterocycles. The quantitative estimate of drug-likeness (QED) is 0.939. The van der Waals surface area contributed by atoms with Crippen molar-refractivity contribution in [3.8, 4) is 0 Å². The molecule has 2 aliphatic rings. The van der Waals surface area contributed by atoms with Gasteiger partial charge in [0.15, 0.2) is 0 Å². The molecule has 1 N–H and O–H groups in total. The van der Waals surface area contributed by atoms with Crippen molar-refractivity contribution in [2.24, 2.45) is 0 Å². The first kappa shape index (κ1) is 15.8. The molecule has 1 aliphatic carbocycles. The summed E-state index contributed by atoms with van der Waals surface area (Å²) >= 11 is 0. The van der Waals surface area contributed by atoms with Crippen LogP contribution in [0.25, 0.3) is 0 Å². The molecule has 1 aliphatic heterocycles. The molecule has 0 amide bonds. The fraction of sp³-hybridized carbons (Fsp3) is 0.632. The maximum absolute atomic E-state index is 4.95. The van der Waals surface area contributed by atoms with Crippen LogP contribution in [-0.2, 0) is 19.5 Å². The van der Waals surface area contributed by atoms with Gasteiger partial charge in [0, 0.05) is 60.7 Å². The van der Waals surface area contributed by atoms with Gasteiger partial charge in [0.1, 0.15) is 5.82 Å². The van der Waals surface area contributed by atoms with Crippen molar-refractivity contribution in [2.45, 2.75) is 71.4 Å². The predicted octanol–water partition coefficient (Wildman–Crippen LogP) is 3.42. The Kier molecular flexibility index (Phi) is 4.35. The van der Waals surface area contributed by atoms with Gasteiger partial charge in [0.25, 0.3) is 0 Å². The fourth-order valence-electron chi connectivity index (χ4n) is 4.11. The summed E-state index contributed by atoms with van der Waals surface area (Å²) in [5.74, 6) is 1.70. The van der Waals surface area contributed by atoms with Crippen LogP contribution < -0.4 is 0 Å². The number of aromatic nitrogens is 4. The average Bonchev–Trinajstić information content (AvgIpc) is 2.94. The molecule has 0 aromatic carbocycles. The van der Waals surface area contributed by atoms with Crippen LogP contribution in [0.1, 0.15) is 72.1 Å². The molecule has 2 aromatic rings. The smallest absolute Gasteiger partial charge is 0.131 e. The first-order valence-electron chi connectivity index (χ1n) is 9.28. The highest BCUT2D eigenvalue weighted by molar-refractivity contribution is 5.25. The molecule has 0 radical (unpaired) electrons. The standard InChI is InChI=1S/C19H27N5/c1-13-17(14(2)23-22-13)12-24-9-8-18-16(11-24)10-20-19(21-18)15-6-4-3-5-7-15/h10,15H,3-9,11-12H2,1-2H3,(H,22,23). The number of rotatable bonds is 3. The number of nitrogens with one attached hydrogen (secondary N) is 1. The number of aryl methyl sites for hydroxylation is 2. The number of H-pyrrole nitrogens is 1. The van der Waals surface area contributed by atoms with E-state index in [1.165, 1.54) is 54.6 Å². The molecule has 3 heterocycles. The molecule has 0 atom stereocenters. The predicted molar refractivity (Wildman–Crippen MR) is 93.7 cm³/mol. The molecule has 5 heteroatoms. The normalized spacial score (nSPS) is 19.4. The SMILES string of the molecule is Cc1n[nH]c(C)c1CN1CCc2nc(C3CCCCC3)ncc2C1. The lowest BCUT2D eigenvalue weighted by molar-refractivity contribution is 0.241. The van der Waals surface area contributed by atoms with Crippen molar-refractivity contribution in [3.05, 3.63) is 40.2 Å². The van der Waals surface area contributed by atoms with Crippen LogP contribution in [0.3, 0.4) is 0 Å². The molecule has 128 valence electrons. The minimum atomic E-state index is 0.596. The zero-order valence-corrected chi connectivity index (χ0v) is 14.8. The van der Waals surface area contributed by atoms with Gasteiger partial charge in [-0.25, -0.2) is 9.97 Å². The highest BCUT2D eigenvalue weighted by atomic mass is 15.2. The molecule has 1 fully saturated rings. The van der Waals surface area contributed by atoms with E-state index in [1.807, 2.05) is 0 Å². The Morgan fingerprint density at radius 2 is 2.04 bits per heavy atom. The van der Waals surface area contributed by atoms with Gasteiger partial charge in [-0.3, -0.25) is 10.00 Å². The van der Waals surface area contributed by atoms with Crippen LogP contribution in [0.2, 0.25) is 0 Å². The average molecular weight is 325 g/mol. The molecular formula is C19H27N5. The first-order chi connectivity index (χ1) is 11.7. The van der Waals surface area contributed by atoms with E-state index in [0.717, 1.165) is 37.6 Å². The highest BCUT2D eigenvalue weighted by Crippen LogP contribution is 2.31. The third-order valence-corrected chi connectivity index (χ3v) is 5.66. The van der Waals surface area contributed by atoms with Gasteiger partial charge in [0.2, 0.25) is 0 Å². The highest BCUT2D eigenvalue weighted by Gasteiger charge is 2.23. The molecular weight excluding hydrogens is 298 g/mol. The third-order valence-electron chi connectivity index (χ3n) is 5.66. The fourth-order valence-corrected chi connectivity index (χ4v) is 4.11. The third kappa shape index (κ3) is 3.09. The van der Waals surface area contributed by atoms with E-state index in [4.69, 9.17) is 9.97 Å². The lowest BCUT2D eigenvalue weighted by Gasteiger charge is -2.29. The lowest BCUT2D eigenvalue weighted by Crippen LogP contribution is -2.31.